The van der Waals surface area contributed by atoms with Gasteiger partial charge >= 0.3 is 0 Å². The molecular weight excluding hydrogens is 288 g/mol. The Morgan fingerprint density at radius 2 is 0.708 bits per heavy atom. The minimum Gasteiger partial charge on any atom is -0.0654 e. The average Bonchev–Trinajstić information content (AvgIpc) is 2.58. The van der Waals surface area contributed by atoms with Gasteiger partial charge in [0.15, 0.2) is 0 Å². The summed E-state index contributed by atoms with van der Waals surface area (Å²) in [6.07, 6.45) is 29.3. The molecule has 0 radical (unpaired) electrons. The van der Waals surface area contributed by atoms with Crippen LogP contribution in [-0.4, -0.2) is 0 Å². The first-order valence-corrected chi connectivity index (χ1v) is 11.8. The van der Waals surface area contributed by atoms with Gasteiger partial charge in [-0.25, -0.2) is 0 Å². The molecule has 0 aromatic heterocycles. The van der Waals surface area contributed by atoms with Crippen molar-refractivity contribution >= 4 is 0 Å². The third-order valence-electron chi connectivity index (χ3n) is 5.58. The van der Waals surface area contributed by atoms with Crippen LogP contribution in [0.1, 0.15) is 149 Å². The van der Waals surface area contributed by atoms with Crippen LogP contribution in [0.25, 0.3) is 0 Å². The number of unbranched alkanes of at least 4 members (excludes halogenated alkanes) is 16. The highest BCUT2D eigenvalue weighted by Gasteiger charge is 2.00. The van der Waals surface area contributed by atoms with Gasteiger partial charge in [0.25, 0.3) is 0 Å². The highest BCUT2D eigenvalue weighted by atomic mass is 14.1. The topological polar surface area (TPSA) is 0 Å². The van der Waals surface area contributed by atoms with E-state index in [-0.39, 0.29) is 0 Å². The third-order valence-corrected chi connectivity index (χ3v) is 5.58. The molecule has 0 saturated heterocycles. The van der Waals surface area contributed by atoms with E-state index in [2.05, 4.69) is 20.8 Å². The number of rotatable bonds is 20. The Balaban J connectivity index is 3.00. The van der Waals surface area contributed by atoms with E-state index in [1.165, 1.54) is 128 Å². The van der Waals surface area contributed by atoms with Crippen molar-refractivity contribution in [2.75, 3.05) is 0 Å². The zero-order chi connectivity index (χ0) is 17.7. The van der Waals surface area contributed by atoms with Gasteiger partial charge in [0.2, 0.25) is 0 Å². The molecule has 0 bridgehead atoms. The minimum atomic E-state index is 0.964. The number of hydrogen-bond donors (Lipinski definition) is 0. The van der Waals surface area contributed by atoms with Crippen molar-refractivity contribution in [2.24, 2.45) is 5.92 Å². The van der Waals surface area contributed by atoms with Gasteiger partial charge in [0.1, 0.15) is 0 Å². The van der Waals surface area contributed by atoms with E-state index in [4.69, 9.17) is 0 Å². The van der Waals surface area contributed by atoms with Crippen LogP contribution < -0.4 is 0 Å². The quantitative estimate of drug-likeness (QED) is 0.194. The molecule has 0 nitrogen and oxygen atoms in total. The first kappa shape index (κ1) is 24.0. The second-order valence-corrected chi connectivity index (χ2v) is 8.34. The molecule has 0 aromatic carbocycles. The summed E-state index contributed by atoms with van der Waals surface area (Å²) in [6.45, 7) is 7.04. The van der Waals surface area contributed by atoms with Crippen LogP contribution >= 0.6 is 0 Å². The fraction of sp³-hybridized carbons (Fsp3) is 1.00. The average molecular weight is 339 g/mol. The molecule has 0 rings (SSSR count). The lowest BCUT2D eigenvalue weighted by Crippen LogP contribution is -1.93. The van der Waals surface area contributed by atoms with Crippen molar-refractivity contribution in [2.45, 2.75) is 149 Å². The maximum Gasteiger partial charge on any atom is -0.0443 e. The summed E-state index contributed by atoms with van der Waals surface area (Å²) in [7, 11) is 0. The molecule has 0 aliphatic rings. The van der Waals surface area contributed by atoms with Gasteiger partial charge in [-0.2, -0.15) is 0 Å². The molecule has 1 atom stereocenters. The largest absolute Gasteiger partial charge is 0.0654 e. The third kappa shape index (κ3) is 20.0. The van der Waals surface area contributed by atoms with E-state index in [0.29, 0.717) is 0 Å². The molecule has 0 saturated carbocycles. The first-order valence-electron chi connectivity index (χ1n) is 11.8. The van der Waals surface area contributed by atoms with Crippen LogP contribution in [0.5, 0.6) is 0 Å². The van der Waals surface area contributed by atoms with Crippen molar-refractivity contribution in [3.63, 3.8) is 0 Å². The van der Waals surface area contributed by atoms with Crippen LogP contribution in [0.15, 0.2) is 0 Å². The summed E-state index contributed by atoms with van der Waals surface area (Å²) in [5.41, 5.74) is 0. The molecule has 0 aliphatic carbocycles. The monoisotopic (exact) mass is 338 g/mol. The van der Waals surface area contributed by atoms with Crippen LogP contribution in [-0.2, 0) is 0 Å². The Morgan fingerprint density at radius 3 is 1.04 bits per heavy atom. The van der Waals surface area contributed by atoms with Crippen LogP contribution in [0.3, 0.4) is 0 Å². The highest BCUT2D eigenvalue weighted by molar-refractivity contribution is 4.54. The summed E-state index contributed by atoms with van der Waals surface area (Å²) in [5, 5.41) is 0. The Labute approximate surface area is 155 Å². The SMILES string of the molecule is CCCCCCCCCCCCCCCCCCC[C@H](C)CCC. The maximum atomic E-state index is 2.43. The molecule has 0 heterocycles. The minimum absolute atomic E-state index is 0.964. The maximum absolute atomic E-state index is 2.43. The molecule has 0 N–H and O–H groups in total. The molecule has 24 heavy (non-hydrogen) atoms. The van der Waals surface area contributed by atoms with E-state index in [1.807, 2.05) is 0 Å². The van der Waals surface area contributed by atoms with E-state index < -0.39 is 0 Å². The molecule has 0 unspecified atom stereocenters. The lowest BCUT2D eigenvalue weighted by molar-refractivity contribution is 0.449. The zero-order valence-corrected chi connectivity index (χ0v) is 17.7. The van der Waals surface area contributed by atoms with E-state index in [9.17, 15) is 0 Å². The Morgan fingerprint density at radius 1 is 0.375 bits per heavy atom. The van der Waals surface area contributed by atoms with Gasteiger partial charge in [-0.3, -0.25) is 0 Å². The Bertz CT molecular complexity index is 208. The molecule has 0 amide bonds. The van der Waals surface area contributed by atoms with Crippen molar-refractivity contribution in [3.8, 4) is 0 Å². The summed E-state index contributed by atoms with van der Waals surface area (Å²) in [4.78, 5) is 0. The molecule has 0 heteroatoms. The molecule has 146 valence electrons. The normalized spacial score (nSPS) is 12.6. The molecule has 0 spiro atoms. The molecule has 0 aliphatic heterocycles. The summed E-state index contributed by atoms with van der Waals surface area (Å²) >= 11 is 0. The van der Waals surface area contributed by atoms with E-state index in [1.54, 1.807) is 0 Å². The molecule has 0 fully saturated rings. The first-order chi connectivity index (χ1) is 11.8. The standard InChI is InChI=1S/C24H50/c1-4-6-7-8-9-10-11-12-13-14-15-16-17-18-19-20-21-23-24(3)22-5-2/h24H,4-23H2,1-3H3/t24-/m1/s1. The van der Waals surface area contributed by atoms with Gasteiger partial charge in [-0.05, 0) is 5.92 Å². The second-order valence-electron chi connectivity index (χ2n) is 8.34. The van der Waals surface area contributed by atoms with Crippen molar-refractivity contribution in [1.82, 2.24) is 0 Å². The van der Waals surface area contributed by atoms with Crippen LogP contribution in [0, 0.1) is 5.92 Å². The molecule has 0 aromatic rings. The van der Waals surface area contributed by atoms with Crippen LogP contribution in [0.2, 0.25) is 0 Å². The lowest BCUT2D eigenvalue weighted by Gasteiger charge is -2.09. The van der Waals surface area contributed by atoms with Gasteiger partial charge in [-0.1, -0.05) is 149 Å². The Kier molecular flexibility index (Phi) is 21.0. The van der Waals surface area contributed by atoms with Crippen molar-refractivity contribution < 1.29 is 0 Å². The van der Waals surface area contributed by atoms with Crippen molar-refractivity contribution in [1.29, 1.82) is 0 Å². The van der Waals surface area contributed by atoms with Crippen LogP contribution in [0.4, 0.5) is 0 Å². The summed E-state index contributed by atoms with van der Waals surface area (Å²) in [6, 6.07) is 0. The fourth-order valence-corrected chi connectivity index (χ4v) is 3.85. The summed E-state index contributed by atoms with van der Waals surface area (Å²) in [5.74, 6) is 0.964. The number of hydrogen-bond acceptors (Lipinski definition) is 0. The zero-order valence-electron chi connectivity index (χ0n) is 17.7. The van der Waals surface area contributed by atoms with Gasteiger partial charge < -0.3 is 0 Å². The smallest absolute Gasteiger partial charge is 0.0443 e. The van der Waals surface area contributed by atoms with Gasteiger partial charge in [-0.15, -0.1) is 0 Å². The van der Waals surface area contributed by atoms with E-state index in [0.717, 1.165) is 5.92 Å². The predicted octanol–water partition coefficient (Wildman–Crippen LogP) is 9.46. The second kappa shape index (κ2) is 21.0. The fourth-order valence-electron chi connectivity index (χ4n) is 3.85. The van der Waals surface area contributed by atoms with Crippen molar-refractivity contribution in [3.05, 3.63) is 0 Å². The summed E-state index contributed by atoms with van der Waals surface area (Å²) < 4.78 is 0. The molecular formula is C24H50. The van der Waals surface area contributed by atoms with Gasteiger partial charge in [0.05, 0.1) is 0 Å². The Hall–Kier alpha value is 0. The predicted molar refractivity (Wildman–Crippen MR) is 113 cm³/mol. The highest BCUT2D eigenvalue weighted by Crippen LogP contribution is 2.17. The van der Waals surface area contributed by atoms with Gasteiger partial charge in [0, 0.05) is 0 Å². The lowest BCUT2D eigenvalue weighted by atomic mass is 9.98. The van der Waals surface area contributed by atoms with E-state index >= 15 is 0 Å².